The molecule has 0 spiro atoms. The van der Waals surface area contributed by atoms with Gasteiger partial charge in [0.15, 0.2) is 0 Å². The third-order valence-electron chi connectivity index (χ3n) is 1.95. The van der Waals surface area contributed by atoms with Gasteiger partial charge in [0.2, 0.25) is 0 Å². The standard InChI is InChI=1S/C10H13Cl2OP/c1-7(2)9-6-8(3)4-5-10(9)13-14(11)12/h4-7H,1-3H3. The highest BCUT2D eigenvalue weighted by atomic mass is 35.9. The lowest BCUT2D eigenvalue weighted by molar-refractivity contribution is 0.616. The van der Waals surface area contributed by atoms with Crippen LogP contribution in [0.3, 0.4) is 0 Å². The number of hydrogen-bond acceptors (Lipinski definition) is 1. The molecule has 0 heterocycles. The first-order valence-electron chi connectivity index (χ1n) is 4.41. The van der Waals surface area contributed by atoms with Gasteiger partial charge in [0, 0.05) is 0 Å². The van der Waals surface area contributed by atoms with Gasteiger partial charge in [-0.1, -0.05) is 31.5 Å². The smallest absolute Gasteiger partial charge is 0.284 e. The van der Waals surface area contributed by atoms with Crippen LogP contribution in [0.2, 0.25) is 0 Å². The van der Waals surface area contributed by atoms with E-state index in [-0.39, 0.29) is 0 Å². The summed E-state index contributed by atoms with van der Waals surface area (Å²) < 4.78 is 5.36. The Morgan fingerprint density at radius 2 is 1.93 bits per heavy atom. The van der Waals surface area contributed by atoms with Gasteiger partial charge in [-0.25, -0.2) is 0 Å². The normalized spacial score (nSPS) is 11.1. The van der Waals surface area contributed by atoms with E-state index in [0.717, 1.165) is 11.3 Å². The zero-order valence-electron chi connectivity index (χ0n) is 8.42. The molecule has 1 rings (SSSR count). The van der Waals surface area contributed by atoms with Crippen LogP contribution in [-0.4, -0.2) is 0 Å². The first-order chi connectivity index (χ1) is 6.50. The third-order valence-corrected chi connectivity index (χ3v) is 2.70. The summed E-state index contributed by atoms with van der Waals surface area (Å²) >= 11 is 11.3. The van der Waals surface area contributed by atoms with E-state index < -0.39 is 6.85 Å². The van der Waals surface area contributed by atoms with Gasteiger partial charge in [0.05, 0.1) is 0 Å². The lowest BCUT2D eigenvalue weighted by atomic mass is 10.0. The predicted molar refractivity (Wildman–Crippen MR) is 64.5 cm³/mol. The quantitative estimate of drug-likeness (QED) is 0.670. The van der Waals surface area contributed by atoms with Gasteiger partial charge < -0.3 is 4.52 Å². The fraction of sp³-hybridized carbons (Fsp3) is 0.400. The van der Waals surface area contributed by atoms with Gasteiger partial charge in [0.1, 0.15) is 5.75 Å². The van der Waals surface area contributed by atoms with Crippen molar-refractivity contribution in [2.45, 2.75) is 26.7 Å². The van der Waals surface area contributed by atoms with Crippen LogP contribution in [0.1, 0.15) is 30.9 Å². The van der Waals surface area contributed by atoms with Crippen LogP contribution >= 0.6 is 29.3 Å². The Morgan fingerprint density at radius 1 is 1.29 bits per heavy atom. The molecule has 0 atom stereocenters. The van der Waals surface area contributed by atoms with Gasteiger partial charge in [0.25, 0.3) is 6.85 Å². The highest BCUT2D eigenvalue weighted by Gasteiger charge is 2.11. The lowest BCUT2D eigenvalue weighted by Crippen LogP contribution is -1.93. The first kappa shape index (κ1) is 12.1. The van der Waals surface area contributed by atoms with Crippen molar-refractivity contribution in [2.24, 2.45) is 0 Å². The molecule has 14 heavy (non-hydrogen) atoms. The Labute approximate surface area is 95.8 Å². The molecular weight excluding hydrogens is 238 g/mol. The second-order valence-corrected chi connectivity index (χ2v) is 6.44. The van der Waals surface area contributed by atoms with E-state index >= 15 is 0 Å². The molecule has 0 aliphatic heterocycles. The molecule has 1 aromatic carbocycles. The van der Waals surface area contributed by atoms with Crippen molar-refractivity contribution >= 4 is 29.3 Å². The minimum atomic E-state index is -1.38. The summed E-state index contributed by atoms with van der Waals surface area (Å²) in [5.41, 5.74) is 2.37. The monoisotopic (exact) mass is 250 g/mol. The summed E-state index contributed by atoms with van der Waals surface area (Å²) in [6.07, 6.45) is 0. The molecule has 78 valence electrons. The maximum absolute atomic E-state index is 5.64. The van der Waals surface area contributed by atoms with Crippen LogP contribution in [0.4, 0.5) is 0 Å². The van der Waals surface area contributed by atoms with E-state index in [1.54, 1.807) is 0 Å². The average Bonchev–Trinajstić information content (AvgIpc) is 2.07. The summed E-state index contributed by atoms with van der Waals surface area (Å²) in [4.78, 5) is 0. The minimum absolute atomic E-state index is 0.410. The molecule has 0 saturated heterocycles. The van der Waals surface area contributed by atoms with Gasteiger partial charge >= 0.3 is 0 Å². The third kappa shape index (κ3) is 3.31. The van der Waals surface area contributed by atoms with Crippen molar-refractivity contribution in [1.82, 2.24) is 0 Å². The number of aryl methyl sites for hydroxylation is 1. The molecule has 0 aliphatic carbocycles. The van der Waals surface area contributed by atoms with Crippen LogP contribution in [0, 0.1) is 6.92 Å². The SMILES string of the molecule is Cc1ccc(OP(Cl)Cl)c(C(C)C)c1. The molecule has 4 heteroatoms. The van der Waals surface area contributed by atoms with Gasteiger partial charge in [-0.05, 0) is 47.0 Å². The van der Waals surface area contributed by atoms with Crippen LogP contribution < -0.4 is 4.52 Å². The van der Waals surface area contributed by atoms with E-state index in [9.17, 15) is 0 Å². The Kier molecular flexibility index (Phi) is 4.50. The van der Waals surface area contributed by atoms with Crippen molar-refractivity contribution in [1.29, 1.82) is 0 Å². The van der Waals surface area contributed by atoms with Gasteiger partial charge in [-0.2, -0.15) is 0 Å². The molecule has 0 aromatic heterocycles. The number of rotatable bonds is 3. The maximum atomic E-state index is 5.64. The van der Waals surface area contributed by atoms with Crippen LogP contribution in [0.5, 0.6) is 5.75 Å². The van der Waals surface area contributed by atoms with Crippen LogP contribution in [-0.2, 0) is 0 Å². The molecule has 0 amide bonds. The highest BCUT2D eigenvalue weighted by Crippen LogP contribution is 2.49. The fourth-order valence-electron chi connectivity index (χ4n) is 1.28. The molecule has 0 aliphatic rings. The number of benzene rings is 1. The van der Waals surface area contributed by atoms with E-state index in [2.05, 4.69) is 26.8 Å². The first-order valence-corrected chi connectivity index (χ1v) is 7.48. The van der Waals surface area contributed by atoms with Gasteiger partial charge in [-0.3, -0.25) is 0 Å². The van der Waals surface area contributed by atoms with E-state index in [1.165, 1.54) is 5.56 Å². The second-order valence-electron chi connectivity index (χ2n) is 3.49. The Morgan fingerprint density at radius 3 is 2.43 bits per heavy atom. The van der Waals surface area contributed by atoms with Crippen LogP contribution in [0.25, 0.3) is 0 Å². The van der Waals surface area contributed by atoms with Crippen molar-refractivity contribution < 1.29 is 4.52 Å². The van der Waals surface area contributed by atoms with Crippen LogP contribution in [0.15, 0.2) is 18.2 Å². The average molecular weight is 251 g/mol. The van der Waals surface area contributed by atoms with E-state index in [4.69, 9.17) is 27.0 Å². The molecule has 0 unspecified atom stereocenters. The van der Waals surface area contributed by atoms with Gasteiger partial charge in [-0.15, -0.1) is 0 Å². The molecule has 0 N–H and O–H groups in total. The zero-order chi connectivity index (χ0) is 10.7. The Hall–Kier alpha value is 0.0300. The highest BCUT2D eigenvalue weighted by molar-refractivity contribution is 8.00. The van der Waals surface area contributed by atoms with Crippen molar-refractivity contribution in [3.8, 4) is 5.75 Å². The maximum Gasteiger partial charge on any atom is 0.284 e. The predicted octanol–water partition coefficient (Wildman–Crippen LogP) is 5.20. The molecule has 0 radical (unpaired) electrons. The molecule has 0 bridgehead atoms. The van der Waals surface area contributed by atoms with E-state index in [0.29, 0.717) is 5.92 Å². The van der Waals surface area contributed by atoms with Crippen molar-refractivity contribution in [3.05, 3.63) is 29.3 Å². The topological polar surface area (TPSA) is 9.23 Å². The minimum Gasteiger partial charge on any atom is -0.445 e. The van der Waals surface area contributed by atoms with Crippen molar-refractivity contribution in [3.63, 3.8) is 0 Å². The molecule has 1 nitrogen and oxygen atoms in total. The summed E-state index contributed by atoms with van der Waals surface area (Å²) in [7, 11) is 0. The molecular formula is C10H13Cl2OP. The second kappa shape index (κ2) is 5.21. The Balaban J connectivity index is 3.02. The molecule has 1 aromatic rings. The fourth-order valence-corrected chi connectivity index (χ4v) is 2.04. The number of halogens is 2. The summed E-state index contributed by atoms with van der Waals surface area (Å²) in [6.45, 7) is 4.91. The summed E-state index contributed by atoms with van der Waals surface area (Å²) in [5, 5.41) is 0. The largest absolute Gasteiger partial charge is 0.445 e. The summed E-state index contributed by atoms with van der Waals surface area (Å²) in [5.74, 6) is 1.20. The Bertz CT molecular complexity index is 313. The number of hydrogen-bond donors (Lipinski definition) is 0. The van der Waals surface area contributed by atoms with E-state index in [1.807, 2.05) is 12.1 Å². The zero-order valence-corrected chi connectivity index (χ0v) is 10.8. The molecule has 0 saturated carbocycles. The van der Waals surface area contributed by atoms with Crippen molar-refractivity contribution in [2.75, 3.05) is 0 Å². The lowest BCUT2D eigenvalue weighted by Gasteiger charge is -2.14. The molecule has 0 fully saturated rings. The summed E-state index contributed by atoms with van der Waals surface area (Å²) in [6, 6.07) is 6.02.